The monoisotopic (exact) mass is 188 g/mol. The summed E-state index contributed by atoms with van der Waals surface area (Å²) in [7, 11) is 0. The second-order valence-electron chi connectivity index (χ2n) is 3.05. The number of ketones is 1. The molecule has 0 radical (unpaired) electrons. The summed E-state index contributed by atoms with van der Waals surface area (Å²) in [5, 5.41) is 8.98. The molecule has 0 fully saturated rings. The fraction of sp³-hybridized carbons (Fsp3) is 0.250. The molecule has 0 aliphatic heterocycles. The molecule has 0 spiro atoms. The Labute approximate surface area is 83.6 Å². The molecule has 0 heterocycles. The van der Waals surface area contributed by atoms with E-state index >= 15 is 0 Å². The number of hydrogen-bond acceptors (Lipinski definition) is 2. The minimum absolute atomic E-state index is 0.0134. The van der Waals surface area contributed by atoms with Crippen molar-refractivity contribution in [3.63, 3.8) is 0 Å². The molecule has 2 nitrogen and oxygen atoms in total. The molecular formula is C12H12O2. The van der Waals surface area contributed by atoms with E-state index in [1.165, 1.54) is 6.92 Å². The molecule has 0 saturated carbocycles. The highest BCUT2D eigenvalue weighted by Gasteiger charge is 2.02. The minimum Gasteiger partial charge on any atom is -0.381 e. The van der Waals surface area contributed by atoms with Gasteiger partial charge in [-0.3, -0.25) is 4.79 Å². The van der Waals surface area contributed by atoms with Crippen LogP contribution in [-0.2, 0) is 0 Å². The molecule has 0 aliphatic rings. The summed E-state index contributed by atoms with van der Waals surface area (Å²) in [5.41, 5.74) is 1.27. The van der Waals surface area contributed by atoms with E-state index in [2.05, 4.69) is 11.8 Å². The van der Waals surface area contributed by atoms with Crippen LogP contribution in [0.2, 0.25) is 0 Å². The minimum atomic E-state index is -0.671. The molecule has 14 heavy (non-hydrogen) atoms. The van der Waals surface area contributed by atoms with Crippen molar-refractivity contribution in [2.75, 3.05) is 0 Å². The normalized spacial score (nSPS) is 11.4. The van der Waals surface area contributed by atoms with Gasteiger partial charge in [-0.2, -0.15) is 0 Å². The summed E-state index contributed by atoms with van der Waals surface area (Å²) in [6.07, 6.45) is -0.671. The lowest BCUT2D eigenvalue weighted by Gasteiger charge is -1.98. The Balaban J connectivity index is 3.10. The van der Waals surface area contributed by atoms with E-state index in [4.69, 9.17) is 5.11 Å². The van der Waals surface area contributed by atoms with Crippen molar-refractivity contribution in [2.24, 2.45) is 0 Å². The largest absolute Gasteiger partial charge is 0.381 e. The van der Waals surface area contributed by atoms with Gasteiger partial charge in [-0.05, 0) is 19.9 Å². The molecule has 0 amide bonds. The number of aliphatic hydroxyl groups is 1. The van der Waals surface area contributed by atoms with Gasteiger partial charge in [0, 0.05) is 11.1 Å². The number of carbonyl (C=O) groups excluding carboxylic acids is 1. The summed E-state index contributed by atoms with van der Waals surface area (Å²) >= 11 is 0. The van der Waals surface area contributed by atoms with Crippen molar-refractivity contribution < 1.29 is 9.90 Å². The first-order chi connectivity index (χ1) is 6.61. The summed E-state index contributed by atoms with van der Waals surface area (Å²) in [4.78, 5) is 11.2. The summed E-state index contributed by atoms with van der Waals surface area (Å²) in [6, 6.07) is 7.11. The first-order valence-electron chi connectivity index (χ1n) is 4.41. The fourth-order valence-electron chi connectivity index (χ4n) is 1.08. The Kier molecular flexibility index (Phi) is 3.44. The lowest BCUT2D eigenvalue weighted by molar-refractivity contribution is 0.101. The zero-order chi connectivity index (χ0) is 10.6. The van der Waals surface area contributed by atoms with Crippen LogP contribution in [0.15, 0.2) is 24.3 Å². The predicted molar refractivity (Wildman–Crippen MR) is 55.0 cm³/mol. The Morgan fingerprint density at radius 3 is 2.64 bits per heavy atom. The van der Waals surface area contributed by atoms with Crippen LogP contribution in [0.4, 0.5) is 0 Å². The first kappa shape index (κ1) is 10.5. The zero-order valence-electron chi connectivity index (χ0n) is 8.24. The molecule has 0 unspecified atom stereocenters. The molecule has 1 rings (SSSR count). The molecule has 0 aliphatic carbocycles. The number of carbonyl (C=O) groups is 1. The third-order valence-corrected chi connectivity index (χ3v) is 1.72. The van der Waals surface area contributed by atoms with E-state index in [1.807, 2.05) is 6.07 Å². The van der Waals surface area contributed by atoms with Gasteiger partial charge < -0.3 is 5.11 Å². The molecule has 0 bridgehead atoms. The van der Waals surface area contributed by atoms with Gasteiger partial charge >= 0.3 is 0 Å². The van der Waals surface area contributed by atoms with Gasteiger partial charge in [-0.25, -0.2) is 0 Å². The van der Waals surface area contributed by atoms with Gasteiger partial charge in [0.05, 0.1) is 0 Å². The van der Waals surface area contributed by atoms with Crippen molar-refractivity contribution in [3.05, 3.63) is 35.4 Å². The van der Waals surface area contributed by atoms with Crippen molar-refractivity contribution >= 4 is 5.78 Å². The molecular weight excluding hydrogens is 176 g/mol. The van der Waals surface area contributed by atoms with Crippen LogP contribution in [0, 0.1) is 11.8 Å². The van der Waals surface area contributed by atoms with Gasteiger partial charge in [-0.15, -0.1) is 0 Å². The van der Waals surface area contributed by atoms with E-state index in [0.29, 0.717) is 11.1 Å². The third kappa shape index (κ3) is 2.72. The quantitative estimate of drug-likeness (QED) is 0.537. The SMILES string of the molecule is CC(=O)c1ccccc1C#C[C@@H](C)O. The van der Waals surface area contributed by atoms with Gasteiger partial charge in [-0.1, -0.05) is 30.0 Å². The molecule has 1 atom stereocenters. The maximum absolute atomic E-state index is 11.2. The standard InChI is InChI=1S/C12H12O2/c1-9(13)7-8-11-5-3-4-6-12(11)10(2)14/h3-6,9,13H,1-2H3/t9-/m1/s1. The van der Waals surface area contributed by atoms with Crippen LogP contribution in [0.5, 0.6) is 0 Å². The second kappa shape index (κ2) is 4.59. The Morgan fingerprint density at radius 1 is 1.43 bits per heavy atom. The summed E-state index contributed by atoms with van der Waals surface area (Å²) < 4.78 is 0. The van der Waals surface area contributed by atoms with E-state index in [-0.39, 0.29) is 5.78 Å². The van der Waals surface area contributed by atoms with Crippen molar-refractivity contribution in [3.8, 4) is 11.8 Å². The lowest BCUT2D eigenvalue weighted by Crippen LogP contribution is -1.97. The predicted octanol–water partition coefficient (Wildman–Crippen LogP) is 1.62. The van der Waals surface area contributed by atoms with E-state index in [0.717, 1.165) is 0 Å². The van der Waals surface area contributed by atoms with Crippen molar-refractivity contribution in [1.82, 2.24) is 0 Å². The molecule has 1 aromatic rings. The first-order valence-corrected chi connectivity index (χ1v) is 4.41. The van der Waals surface area contributed by atoms with Crippen LogP contribution in [0.25, 0.3) is 0 Å². The highest BCUT2D eigenvalue weighted by Crippen LogP contribution is 2.07. The van der Waals surface area contributed by atoms with E-state index in [1.54, 1.807) is 25.1 Å². The van der Waals surface area contributed by atoms with Gasteiger partial charge in [0.1, 0.15) is 6.10 Å². The Hall–Kier alpha value is -1.59. The van der Waals surface area contributed by atoms with Crippen LogP contribution >= 0.6 is 0 Å². The zero-order valence-corrected chi connectivity index (χ0v) is 8.24. The molecule has 0 aromatic heterocycles. The fourth-order valence-corrected chi connectivity index (χ4v) is 1.08. The number of benzene rings is 1. The summed E-state index contributed by atoms with van der Waals surface area (Å²) in [6.45, 7) is 3.09. The van der Waals surface area contributed by atoms with E-state index < -0.39 is 6.10 Å². The molecule has 1 N–H and O–H groups in total. The Bertz CT molecular complexity index is 394. The van der Waals surface area contributed by atoms with Crippen molar-refractivity contribution in [2.45, 2.75) is 20.0 Å². The molecule has 1 aromatic carbocycles. The topological polar surface area (TPSA) is 37.3 Å². The number of hydrogen-bond donors (Lipinski definition) is 1. The van der Waals surface area contributed by atoms with Crippen molar-refractivity contribution in [1.29, 1.82) is 0 Å². The smallest absolute Gasteiger partial charge is 0.161 e. The third-order valence-electron chi connectivity index (χ3n) is 1.72. The highest BCUT2D eigenvalue weighted by atomic mass is 16.3. The van der Waals surface area contributed by atoms with Gasteiger partial charge in [0.25, 0.3) is 0 Å². The van der Waals surface area contributed by atoms with Crippen LogP contribution in [0.3, 0.4) is 0 Å². The van der Waals surface area contributed by atoms with Crippen LogP contribution in [-0.4, -0.2) is 17.0 Å². The average molecular weight is 188 g/mol. The average Bonchev–Trinajstić information content (AvgIpc) is 2.15. The maximum atomic E-state index is 11.2. The van der Waals surface area contributed by atoms with E-state index in [9.17, 15) is 4.79 Å². The second-order valence-corrected chi connectivity index (χ2v) is 3.05. The summed E-state index contributed by atoms with van der Waals surface area (Å²) in [5.74, 6) is 5.37. The maximum Gasteiger partial charge on any atom is 0.161 e. The van der Waals surface area contributed by atoms with Gasteiger partial charge in [0.15, 0.2) is 5.78 Å². The Morgan fingerprint density at radius 2 is 2.07 bits per heavy atom. The number of Topliss-reactive ketones (excluding diaryl/α,β-unsaturated/α-hetero) is 1. The number of aliphatic hydroxyl groups excluding tert-OH is 1. The highest BCUT2D eigenvalue weighted by molar-refractivity contribution is 5.96. The van der Waals surface area contributed by atoms with Gasteiger partial charge in [0.2, 0.25) is 0 Å². The molecule has 2 heteroatoms. The molecule has 72 valence electrons. The van der Waals surface area contributed by atoms with Crippen LogP contribution in [0.1, 0.15) is 29.8 Å². The number of rotatable bonds is 1. The van der Waals surface area contributed by atoms with Crippen LogP contribution < -0.4 is 0 Å². The lowest BCUT2D eigenvalue weighted by atomic mass is 10.0. The molecule has 0 saturated heterocycles.